The molecule has 0 radical (unpaired) electrons. The first-order valence-corrected chi connectivity index (χ1v) is 18.1. The van der Waals surface area contributed by atoms with E-state index in [4.69, 9.17) is 6.42 Å². The SMILES string of the molecule is C#CCNC(=O)CCCCCN1/C(=C/C=C/C=C/C2=[N+](C)c3ccc(S(=O)(=O)[O-])cc3C2(C)C)C(C)(C)c2cc(S(=O)(=O)[O-])ccc21.[Na+]. The summed E-state index contributed by atoms with van der Waals surface area (Å²) < 4.78 is 72.4. The Kier molecular flexibility index (Phi) is 12.5. The van der Waals surface area contributed by atoms with Gasteiger partial charge in [0.1, 0.15) is 27.3 Å². The van der Waals surface area contributed by atoms with Crippen LogP contribution < -0.4 is 39.8 Å². The van der Waals surface area contributed by atoms with Crippen LogP contribution in [0.1, 0.15) is 64.5 Å². The Bertz CT molecular complexity index is 1970. The van der Waals surface area contributed by atoms with Gasteiger partial charge in [0.15, 0.2) is 5.71 Å². The van der Waals surface area contributed by atoms with Gasteiger partial charge in [-0.25, -0.2) is 16.8 Å². The van der Waals surface area contributed by atoms with Gasteiger partial charge in [0.2, 0.25) is 11.6 Å². The third kappa shape index (κ3) is 8.40. The molecule has 0 spiro atoms. The quantitative estimate of drug-likeness (QED) is 0.0877. The van der Waals surface area contributed by atoms with E-state index >= 15 is 0 Å². The number of benzene rings is 2. The summed E-state index contributed by atoms with van der Waals surface area (Å²) in [5.41, 5.74) is 3.81. The predicted octanol–water partition coefficient (Wildman–Crippen LogP) is 1.61. The average Bonchev–Trinajstić information content (AvgIpc) is 3.32. The van der Waals surface area contributed by atoms with Crippen molar-refractivity contribution in [3.05, 3.63) is 83.6 Å². The molecule has 0 fully saturated rings. The van der Waals surface area contributed by atoms with Crippen molar-refractivity contribution >= 4 is 43.2 Å². The first kappa shape index (κ1) is 39.4. The van der Waals surface area contributed by atoms with Crippen molar-refractivity contribution in [2.24, 2.45) is 0 Å². The van der Waals surface area contributed by atoms with Gasteiger partial charge in [-0.2, -0.15) is 4.58 Å². The molecule has 48 heavy (non-hydrogen) atoms. The molecule has 1 amide bonds. The summed E-state index contributed by atoms with van der Waals surface area (Å²) in [6.45, 7) is 8.73. The van der Waals surface area contributed by atoms with E-state index in [0.29, 0.717) is 19.4 Å². The number of fused-ring (bicyclic) bond motifs is 2. The molecular weight excluding hydrogens is 662 g/mol. The van der Waals surface area contributed by atoms with Gasteiger partial charge in [0.25, 0.3) is 0 Å². The van der Waals surface area contributed by atoms with Crippen molar-refractivity contribution in [2.75, 3.05) is 25.0 Å². The zero-order valence-electron chi connectivity index (χ0n) is 28.2. The second-order valence-electron chi connectivity index (χ2n) is 12.7. The van der Waals surface area contributed by atoms with Crippen LogP contribution in [0.3, 0.4) is 0 Å². The van der Waals surface area contributed by atoms with Crippen LogP contribution in [0.2, 0.25) is 0 Å². The predicted molar refractivity (Wildman–Crippen MR) is 180 cm³/mol. The number of amides is 1. The van der Waals surface area contributed by atoms with E-state index in [9.17, 15) is 30.7 Å². The molecule has 0 unspecified atom stereocenters. The molecule has 0 bridgehead atoms. The molecule has 2 aliphatic rings. The normalized spacial score (nSPS) is 17.5. The fourth-order valence-corrected chi connectivity index (χ4v) is 7.34. The first-order valence-electron chi connectivity index (χ1n) is 15.3. The molecule has 0 saturated heterocycles. The second kappa shape index (κ2) is 15.3. The van der Waals surface area contributed by atoms with Crippen LogP contribution in [-0.2, 0) is 35.9 Å². The maximum absolute atomic E-state index is 11.9. The van der Waals surface area contributed by atoms with Crippen LogP contribution in [0.25, 0.3) is 0 Å². The van der Waals surface area contributed by atoms with Gasteiger partial charge in [0, 0.05) is 47.5 Å². The van der Waals surface area contributed by atoms with Gasteiger partial charge < -0.3 is 19.3 Å². The number of anilines is 1. The van der Waals surface area contributed by atoms with Crippen molar-refractivity contribution in [1.29, 1.82) is 0 Å². The number of carbonyl (C=O) groups excluding carboxylic acids is 1. The van der Waals surface area contributed by atoms with Crippen LogP contribution in [0.15, 0.2) is 82.3 Å². The molecule has 0 atom stereocenters. The number of rotatable bonds is 12. The molecule has 0 aliphatic carbocycles. The summed E-state index contributed by atoms with van der Waals surface area (Å²) in [6.07, 6.45) is 17.4. The van der Waals surface area contributed by atoms with Crippen LogP contribution in [0, 0.1) is 12.3 Å². The van der Waals surface area contributed by atoms with E-state index in [1.54, 1.807) is 12.1 Å². The van der Waals surface area contributed by atoms with Crippen LogP contribution in [0.5, 0.6) is 0 Å². The summed E-state index contributed by atoms with van der Waals surface area (Å²) in [5, 5.41) is 2.66. The maximum Gasteiger partial charge on any atom is 1.00 e. The number of nitrogens with zero attached hydrogens (tertiary/aromatic N) is 2. The molecule has 1 N–H and O–H groups in total. The second-order valence-corrected chi connectivity index (χ2v) is 15.5. The molecule has 2 aliphatic heterocycles. The maximum atomic E-state index is 11.9. The summed E-state index contributed by atoms with van der Waals surface area (Å²) in [6, 6.07) is 8.89. The Balaban J connectivity index is 0.00000625. The smallest absolute Gasteiger partial charge is 0.744 e. The zero-order valence-corrected chi connectivity index (χ0v) is 31.9. The van der Waals surface area contributed by atoms with Crippen LogP contribution in [0.4, 0.5) is 11.4 Å². The number of terminal acetylenes is 1. The molecule has 10 nitrogen and oxygen atoms in total. The van der Waals surface area contributed by atoms with Gasteiger partial charge >= 0.3 is 29.6 Å². The standard InChI is InChI=1S/C35H41N3O7S2.Na/c1-7-21-36-33(39)16-12-9-13-22-38-30-20-18-26(47(43,44)45)24-28(30)35(4,5)32(38)15-11-8-10-14-31-34(2,3)27-23-25(46(40,41)42)17-19-29(27)37(31)6;/h1,8,10-11,14-15,17-20,23-24H,9,12-13,16,21-22H2,2-6H3,(H2-,36,39,40,41,42,43,44,45);/q;+1/p-1. The Morgan fingerprint density at radius 3 is 2.17 bits per heavy atom. The zero-order chi connectivity index (χ0) is 34.8. The molecular formula is C35H40N3NaO7S2. The Hall–Kier alpha value is -3.02. The van der Waals surface area contributed by atoms with Crippen molar-refractivity contribution < 1.29 is 64.9 Å². The fourth-order valence-electron chi connectivity index (χ4n) is 6.35. The van der Waals surface area contributed by atoms with E-state index in [0.717, 1.165) is 46.8 Å². The fraction of sp³-hybridized carbons (Fsp3) is 0.371. The van der Waals surface area contributed by atoms with E-state index in [1.165, 1.54) is 24.3 Å². The van der Waals surface area contributed by atoms with E-state index < -0.39 is 31.1 Å². The molecule has 0 aromatic heterocycles. The largest absolute Gasteiger partial charge is 1.00 e. The third-order valence-electron chi connectivity index (χ3n) is 8.85. The minimum Gasteiger partial charge on any atom is -0.744 e. The van der Waals surface area contributed by atoms with Gasteiger partial charge in [-0.1, -0.05) is 44.4 Å². The summed E-state index contributed by atoms with van der Waals surface area (Å²) in [4.78, 5) is 13.5. The Morgan fingerprint density at radius 1 is 0.917 bits per heavy atom. The molecule has 250 valence electrons. The minimum absolute atomic E-state index is 0. The number of hydrogen-bond donors (Lipinski definition) is 1. The van der Waals surface area contributed by atoms with Crippen molar-refractivity contribution in [3.63, 3.8) is 0 Å². The number of carbonyl (C=O) groups is 1. The van der Waals surface area contributed by atoms with Crippen molar-refractivity contribution in [2.45, 2.75) is 74.0 Å². The van der Waals surface area contributed by atoms with Gasteiger partial charge in [-0.05, 0) is 68.7 Å². The summed E-state index contributed by atoms with van der Waals surface area (Å²) >= 11 is 0. The Morgan fingerprint density at radius 2 is 1.54 bits per heavy atom. The van der Waals surface area contributed by atoms with E-state index in [2.05, 4.69) is 16.1 Å². The minimum atomic E-state index is -4.64. The topological polar surface area (TPSA) is 150 Å². The molecule has 2 aromatic carbocycles. The monoisotopic (exact) mass is 701 g/mol. The van der Waals surface area contributed by atoms with Gasteiger partial charge in [-0.3, -0.25) is 4.79 Å². The van der Waals surface area contributed by atoms with Crippen molar-refractivity contribution in [1.82, 2.24) is 5.32 Å². The summed E-state index contributed by atoms with van der Waals surface area (Å²) in [5.74, 6) is 2.30. The van der Waals surface area contributed by atoms with Crippen molar-refractivity contribution in [3.8, 4) is 12.3 Å². The molecule has 4 rings (SSSR count). The number of nitrogens with one attached hydrogen (secondary N) is 1. The summed E-state index contributed by atoms with van der Waals surface area (Å²) in [7, 11) is -7.33. The third-order valence-corrected chi connectivity index (χ3v) is 10.5. The first-order chi connectivity index (χ1) is 21.9. The molecule has 2 heterocycles. The van der Waals surface area contributed by atoms with Crippen LogP contribution >= 0.6 is 0 Å². The number of hydrogen-bond acceptors (Lipinski definition) is 8. The number of allylic oxidation sites excluding steroid dienone is 6. The Labute approximate surface area is 306 Å². The molecule has 2 aromatic rings. The van der Waals surface area contributed by atoms with Gasteiger partial charge in [0.05, 0.1) is 21.8 Å². The van der Waals surface area contributed by atoms with E-state index in [-0.39, 0.29) is 51.8 Å². The average molecular weight is 702 g/mol. The number of unbranched alkanes of at least 4 members (excludes halogenated alkanes) is 2. The molecule has 13 heteroatoms. The van der Waals surface area contributed by atoms with E-state index in [1.807, 2.05) is 69.7 Å². The molecule has 0 saturated carbocycles. The van der Waals surface area contributed by atoms with Crippen LogP contribution in [-0.4, -0.2) is 62.3 Å². The van der Waals surface area contributed by atoms with Gasteiger partial charge in [-0.15, -0.1) is 6.42 Å².